The normalized spacial score (nSPS) is 10.4. The van der Waals surface area contributed by atoms with Crippen LogP contribution in [0.2, 0.25) is 0 Å². The number of rotatable bonds is 3. The van der Waals surface area contributed by atoms with Crippen molar-refractivity contribution < 1.29 is 9.13 Å². The van der Waals surface area contributed by atoms with E-state index in [2.05, 4.69) is 4.98 Å². The first-order valence-electron chi connectivity index (χ1n) is 4.44. The van der Waals surface area contributed by atoms with E-state index in [0.29, 0.717) is 5.75 Å². The summed E-state index contributed by atoms with van der Waals surface area (Å²) in [6, 6.07) is 9.40. The Morgan fingerprint density at radius 3 is 3.07 bits per heavy atom. The highest BCUT2D eigenvalue weighted by Gasteiger charge is 1.97. The van der Waals surface area contributed by atoms with Crippen molar-refractivity contribution in [3.05, 3.63) is 36.5 Å². The fraction of sp³-hybridized carbons (Fsp3) is 0.182. The van der Waals surface area contributed by atoms with Crippen molar-refractivity contribution >= 4 is 10.9 Å². The molecule has 2 aromatic rings. The first kappa shape index (κ1) is 8.94. The van der Waals surface area contributed by atoms with Crippen LogP contribution in [-0.2, 0) is 0 Å². The lowest BCUT2D eigenvalue weighted by atomic mass is 10.2. The van der Waals surface area contributed by atoms with Crippen LogP contribution in [0.1, 0.15) is 0 Å². The average molecular weight is 191 g/mol. The van der Waals surface area contributed by atoms with Gasteiger partial charge in [-0.3, -0.25) is 4.98 Å². The summed E-state index contributed by atoms with van der Waals surface area (Å²) in [5.74, 6) is 0.661. The Bertz CT molecular complexity index is 430. The quantitative estimate of drug-likeness (QED) is 0.743. The minimum atomic E-state index is -0.472. The van der Waals surface area contributed by atoms with Gasteiger partial charge < -0.3 is 4.74 Å². The molecule has 0 aliphatic heterocycles. The summed E-state index contributed by atoms with van der Waals surface area (Å²) >= 11 is 0. The van der Waals surface area contributed by atoms with Gasteiger partial charge >= 0.3 is 0 Å². The van der Waals surface area contributed by atoms with E-state index in [1.165, 1.54) is 0 Å². The highest BCUT2D eigenvalue weighted by atomic mass is 19.1. The molecule has 0 aliphatic carbocycles. The van der Waals surface area contributed by atoms with Crippen molar-refractivity contribution in [2.24, 2.45) is 0 Å². The third-order valence-electron chi connectivity index (χ3n) is 1.92. The first-order chi connectivity index (χ1) is 6.90. The molecule has 3 heteroatoms. The van der Waals surface area contributed by atoms with Gasteiger partial charge in [0.2, 0.25) is 0 Å². The summed E-state index contributed by atoms with van der Waals surface area (Å²) in [4.78, 5) is 4.18. The zero-order chi connectivity index (χ0) is 9.80. The molecular formula is C11H10FNO. The van der Waals surface area contributed by atoms with Gasteiger partial charge in [-0.2, -0.15) is 0 Å². The van der Waals surface area contributed by atoms with E-state index in [0.717, 1.165) is 10.9 Å². The molecule has 14 heavy (non-hydrogen) atoms. The summed E-state index contributed by atoms with van der Waals surface area (Å²) in [7, 11) is 0. The number of fused-ring (bicyclic) bond motifs is 1. The van der Waals surface area contributed by atoms with Gasteiger partial charge in [0.25, 0.3) is 0 Å². The van der Waals surface area contributed by atoms with Gasteiger partial charge in [-0.25, -0.2) is 4.39 Å². The molecule has 0 amide bonds. The largest absolute Gasteiger partial charge is 0.491 e. The Morgan fingerprint density at radius 2 is 2.21 bits per heavy atom. The molecule has 2 rings (SSSR count). The summed E-state index contributed by atoms with van der Waals surface area (Å²) in [5.41, 5.74) is 0.865. The molecule has 2 nitrogen and oxygen atoms in total. The summed E-state index contributed by atoms with van der Waals surface area (Å²) in [6.45, 7) is -0.376. The second-order valence-electron chi connectivity index (χ2n) is 2.90. The molecule has 0 fully saturated rings. The number of hydrogen-bond donors (Lipinski definition) is 0. The van der Waals surface area contributed by atoms with E-state index >= 15 is 0 Å². The SMILES string of the molecule is FCCOc1ccc2cccnc2c1. The maximum atomic E-state index is 11.9. The van der Waals surface area contributed by atoms with Crippen LogP contribution in [0.3, 0.4) is 0 Å². The molecule has 0 bridgehead atoms. The van der Waals surface area contributed by atoms with Gasteiger partial charge in [0.1, 0.15) is 19.0 Å². The zero-order valence-corrected chi connectivity index (χ0v) is 7.61. The average Bonchev–Trinajstić information content (AvgIpc) is 2.26. The van der Waals surface area contributed by atoms with Crippen LogP contribution in [0, 0.1) is 0 Å². The van der Waals surface area contributed by atoms with Crippen LogP contribution in [0.25, 0.3) is 10.9 Å². The number of alkyl halides is 1. The molecule has 72 valence electrons. The van der Waals surface area contributed by atoms with Crippen LogP contribution in [0.4, 0.5) is 4.39 Å². The van der Waals surface area contributed by atoms with Crippen LogP contribution in [0.5, 0.6) is 5.75 Å². The Labute approximate surface area is 81.3 Å². The second-order valence-corrected chi connectivity index (χ2v) is 2.90. The number of aromatic nitrogens is 1. The molecule has 0 aliphatic rings. The van der Waals surface area contributed by atoms with E-state index in [9.17, 15) is 4.39 Å². The van der Waals surface area contributed by atoms with E-state index < -0.39 is 6.67 Å². The number of hydrogen-bond acceptors (Lipinski definition) is 2. The smallest absolute Gasteiger partial charge is 0.123 e. The standard InChI is InChI=1S/C11H10FNO/c12-5-7-14-10-4-3-9-2-1-6-13-11(9)8-10/h1-4,6,8H,5,7H2. The van der Waals surface area contributed by atoms with Gasteiger partial charge in [0, 0.05) is 17.6 Å². The van der Waals surface area contributed by atoms with Crippen LogP contribution in [-0.4, -0.2) is 18.3 Å². The molecule has 1 aromatic carbocycles. The second kappa shape index (κ2) is 4.05. The van der Waals surface area contributed by atoms with Gasteiger partial charge in [-0.05, 0) is 18.2 Å². The molecule has 0 atom stereocenters. The minimum Gasteiger partial charge on any atom is -0.491 e. The van der Waals surface area contributed by atoms with Gasteiger partial charge in [-0.15, -0.1) is 0 Å². The molecule has 0 saturated heterocycles. The van der Waals surface area contributed by atoms with Crippen molar-refractivity contribution in [1.29, 1.82) is 0 Å². The lowest BCUT2D eigenvalue weighted by molar-refractivity contribution is 0.273. The fourth-order valence-corrected chi connectivity index (χ4v) is 1.29. The van der Waals surface area contributed by atoms with Crippen LogP contribution >= 0.6 is 0 Å². The first-order valence-corrected chi connectivity index (χ1v) is 4.44. The van der Waals surface area contributed by atoms with Crippen molar-refractivity contribution in [2.75, 3.05) is 13.3 Å². The van der Waals surface area contributed by atoms with Crippen LogP contribution in [0.15, 0.2) is 36.5 Å². The number of ether oxygens (including phenoxy) is 1. The molecule has 0 radical (unpaired) electrons. The highest BCUT2D eigenvalue weighted by molar-refractivity contribution is 5.79. The molecule has 0 N–H and O–H groups in total. The fourth-order valence-electron chi connectivity index (χ4n) is 1.29. The van der Waals surface area contributed by atoms with Crippen LogP contribution < -0.4 is 4.74 Å². The topological polar surface area (TPSA) is 22.1 Å². The van der Waals surface area contributed by atoms with E-state index in [4.69, 9.17) is 4.74 Å². The molecule has 1 heterocycles. The van der Waals surface area contributed by atoms with E-state index in [1.54, 1.807) is 6.20 Å². The molecule has 1 aromatic heterocycles. The lowest BCUT2D eigenvalue weighted by Crippen LogP contribution is -1.98. The zero-order valence-electron chi connectivity index (χ0n) is 7.61. The molecule has 0 unspecified atom stereocenters. The Morgan fingerprint density at radius 1 is 1.29 bits per heavy atom. The third kappa shape index (κ3) is 1.82. The summed E-state index contributed by atoms with van der Waals surface area (Å²) in [5, 5.41) is 1.06. The maximum Gasteiger partial charge on any atom is 0.123 e. The van der Waals surface area contributed by atoms with E-state index in [-0.39, 0.29) is 6.61 Å². The monoisotopic (exact) mass is 191 g/mol. The molecule has 0 saturated carbocycles. The van der Waals surface area contributed by atoms with Gasteiger partial charge in [0.05, 0.1) is 5.52 Å². The third-order valence-corrected chi connectivity index (χ3v) is 1.92. The predicted molar refractivity (Wildman–Crippen MR) is 53.2 cm³/mol. The van der Waals surface area contributed by atoms with Crippen molar-refractivity contribution in [1.82, 2.24) is 4.98 Å². The van der Waals surface area contributed by atoms with Gasteiger partial charge in [0.15, 0.2) is 0 Å². The van der Waals surface area contributed by atoms with E-state index in [1.807, 2.05) is 30.3 Å². The Balaban J connectivity index is 2.32. The molecular weight excluding hydrogens is 181 g/mol. The predicted octanol–water partition coefficient (Wildman–Crippen LogP) is 2.58. The maximum absolute atomic E-state index is 11.9. The van der Waals surface area contributed by atoms with Gasteiger partial charge in [-0.1, -0.05) is 6.07 Å². The lowest BCUT2D eigenvalue weighted by Gasteiger charge is -2.03. The Hall–Kier alpha value is -1.64. The number of nitrogens with zero attached hydrogens (tertiary/aromatic N) is 1. The number of halogens is 1. The van der Waals surface area contributed by atoms with Crippen molar-refractivity contribution in [3.8, 4) is 5.75 Å². The summed E-state index contributed by atoms with van der Waals surface area (Å²) in [6.07, 6.45) is 1.72. The number of benzene rings is 1. The minimum absolute atomic E-state index is 0.0956. The molecule has 0 spiro atoms. The van der Waals surface area contributed by atoms with Crippen molar-refractivity contribution in [3.63, 3.8) is 0 Å². The highest BCUT2D eigenvalue weighted by Crippen LogP contribution is 2.18. The Kier molecular flexibility index (Phi) is 2.58. The van der Waals surface area contributed by atoms with Crippen molar-refractivity contribution in [2.45, 2.75) is 0 Å². The number of pyridine rings is 1. The summed E-state index contributed by atoms with van der Waals surface area (Å²) < 4.78 is 17.0.